The van der Waals surface area contributed by atoms with Crippen LogP contribution in [0.1, 0.15) is 41.6 Å². The van der Waals surface area contributed by atoms with Gasteiger partial charge in [-0.25, -0.2) is 4.79 Å². The van der Waals surface area contributed by atoms with Crippen molar-refractivity contribution in [3.8, 4) is 0 Å². The Bertz CT molecular complexity index is 476. The average Bonchev–Trinajstić information content (AvgIpc) is 2.85. The summed E-state index contributed by atoms with van der Waals surface area (Å²) in [6.45, 7) is 1.86. The van der Waals surface area contributed by atoms with Gasteiger partial charge >= 0.3 is 5.97 Å². The fourth-order valence-corrected chi connectivity index (χ4v) is 2.31. The molecule has 1 aromatic rings. The molecule has 1 aromatic carbocycles. The molecule has 4 nitrogen and oxygen atoms in total. The zero-order chi connectivity index (χ0) is 13.1. The molecule has 0 heterocycles. The van der Waals surface area contributed by atoms with Gasteiger partial charge in [0.2, 0.25) is 5.91 Å². The third kappa shape index (κ3) is 2.70. The minimum absolute atomic E-state index is 0.0122. The highest BCUT2D eigenvalue weighted by atomic mass is 16.4. The van der Waals surface area contributed by atoms with E-state index in [1.807, 2.05) is 6.92 Å². The number of aromatic carboxylic acids is 1. The summed E-state index contributed by atoms with van der Waals surface area (Å²) >= 11 is 0. The highest BCUT2D eigenvalue weighted by Gasteiger charge is 2.23. The number of rotatable bonds is 3. The van der Waals surface area contributed by atoms with Crippen molar-refractivity contribution in [1.82, 2.24) is 0 Å². The highest BCUT2D eigenvalue weighted by molar-refractivity contribution is 5.95. The zero-order valence-corrected chi connectivity index (χ0v) is 10.4. The molecule has 1 aliphatic rings. The van der Waals surface area contributed by atoms with E-state index in [1.165, 1.54) is 6.07 Å². The van der Waals surface area contributed by atoms with Gasteiger partial charge in [0.15, 0.2) is 0 Å². The monoisotopic (exact) mass is 247 g/mol. The second-order valence-corrected chi connectivity index (χ2v) is 4.81. The molecule has 1 amide bonds. The van der Waals surface area contributed by atoms with Crippen molar-refractivity contribution in [2.24, 2.45) is 5.92 Å². The first kappa shape index (κ1) is 12.6. The van der Waals surface area contributed by atoms with E-state index in [0.29, 0.717) is 5.69 Å². The number of nitrogens with one attached hydrogen (secondary N) is 1. The Kier molecular flexibility index (Phi) is 3.65. The van der Waals surface area contributed by atoms with Crippen LogP contribution in [0.5, 0.6) is 0 Å². The molecular formula is C14H17NO3. The molecule has 0 saturated heterocycles. The molecule has 96 valence electrons. The van der Waals surface area contributed by atoms with E-state index in [2.05, 4.69) is 5.32 Å². The van der Waals surface area contributed by atoms with Gasteiger partial charge in [0.1, 0.15) is 0 Å². The summed E-state index contributed by atoms with van der Waals surface area (Å²) in [4.78, 5) is 22.9. The number of carboxylic acid groups (broad SMARTS) is 1. The van der Waals surface area contributed by atoms with Gasteiger partial charge in [-0.15, -0.1) is 0 Å². The second-order valence-electron chi connectivity index (χ2n) is 4.81. The molecule has 2 rings (SSSR count). The molecule has 18 heavy (non-hydrogen) atoms. The largest absolute Gasteiger partial charge is 0.478 e. The van der Waals surface area contributed by atoms with E-state index in [9.17, 15) is 9.59 Å². The van der Waals surface area contributed by atoms with E-state index < -0.39 is 5.97 Å². The van der Waals surface area contributed by atoms with Gasteiger partial charge in [0.05, 0.1) is 5.56 Å². The Labute approximate surface area is 106 Å². The summed E-state index contributed by atoms with van der Waals surface area (Å²) in [7, 11) is 0. The van der Waals surface area contributed by atoms with Crippen LogP contribution in [-0.2, 0) is 4.79 Å². The van der Waals surface area contributed by atoms with E-state index in [0.717, 1.165) is 31.2 Å². The molecule has 0 bridgehead atoms. The third-order valence-corrected chi connectivity index (χ3v) is 3.47. The van der Waals surface area contributed by atoms with Gasteiger partial charge in [0.25, 0.3) is 0 Å². The lowest BCUT2D eigenvalue weighted by Gasteiger charge is -2.13. The van der Waals surface area contributed by atoms with Crippen LogP contribution in [0.4, 0.5) is 5.69 Å². The maximum absolute atomic E-state index is 12.0. The van der Waals surface area contributed by atoms with Gasteiger partial charge in [-0.05, 0) is 37.5 Å². The Morgan fingerprint density at radius 1 is 1.28 bits per heavy atom. The fraction of sp³-hybridized carbons (Fsp3) is 0.429. The SMILES string of the molecule is Cc1ccc(C(=O)O)cc1NC(=O)C1CCCC1. The quantitative estimate of drug-likeness (QED) is 0.863. The van der Waals surface area contributed by atoms with Gasteiger partial charge < -0.3 is 10.4 Å². The molecule has 1 fully saturated rings. The molecule has 2 N–H and O–H groups in total. The number of aryl methyl sites for hydroxylation is 1. The fourth-order valence-electron chi connectivity index (χ4n) is 2.31. The lowest BCUT2D eigenvalue weighted by Crippen LogP contribution is -2.21. The molecule has 0 atom stereocenters. The van der Waals surface area contributed by atoms with Crippen LogP contribution >= 0.6 is 0 Å². The normalized spacial score (nSPS) is 15.6. The number of carbonyl (C=O) groups is 2. The maximum atomic E-state index is 12.0. The van der Waals surface area contributed by atoms with E-state index in [1.54, 1.807) is 12.1 Å². The smallest absolute Gasteiger partial charge is 0.335 e. The first-order valence-corrected chi connectivity index (χ1v) is 6.23. The predicted molar refractivity (Wildman–Crippen MR) is 68.7 cm³/mol. The van der Waals surface area contributed by atoms with Crippen molar-refractivity contribution in [2.75, 3.05) is 5.32 Å². The standard InChI is InChI=1S/C14H17NO3/c1-9-6-7-11(14(17)18)8-12(9)15-13(16)10-4-2-3-5-10/h6-8,10H,2-5H2,1H3,(H,15,16)(H,17,18). The minimum Gasteiger partial charge on any atom is -0.478 e. The maximum Gasteiger partial charge on any atom is 0.335 e. The van der Waals surface area contributed by atoms with Gasteiger partial charge in [-0.3, -0.25) is 4.79 Å². The number of amides is 1. The molecule has 0 unspecified atom stereocenters. The van der Waals surface area contributed by atoms with E-state index >= 15 is 0 Å². The summed E-state index contributed by atoms with van der Waals surface area (Å²) in [5.41, 5.74) is 1.68. The number of hydrogen-bond acceptors (Lipinski definition) is 2. The first-order chi connectivity index (χ1) is 8.58. The molecule has 1 saturated carbocycles. The molecule has 0 aliphatic heterocycles. The van der Waals surface area contributed by atoms with Crippen LogP contribution in [0.3, 0.4) is 0 Å². The van der Waals surface area contributed by atoms with Gasteiger partial charge in [-0.1, -0.05) is 18.9 Å². The van der Waals surface area contributed by atoms with E-state index in [-0.39, 0.29) is 17.4 Å². The number of carbonyl (C=O) groups excluding carboxylic acids is 1. The van der Waals surface area contributed by atoms with Crippen LogP contribution in [0.25, 0.3) is 0 Å². The van der Waals surface area contributed by atoms with Crippen molar-refractivity contribution in [2.45, 2.75) is 32.6 Å². The van der Waals surface area contributed by atoms with Crippen molar-refractivity contribution < 1.29 is 14.7 Å². The number of benzene rings is 1. The molecule has 0 radical (unpaired) electrons. The van der Waals surface area contributed by atoms with Crippen LogP contribution in [-0.4, -0.2) is 17.0 Å². The zero-order valence-electron chi connectivity index (χ0n) is 10.4. The van der Waals surface area contributed by atoms with E-state index in [4.69, 9.17) is 5.11 Å². The van der Waals surface area contributed by atoms with Crippen molar-refractivity contribution in [3.63, 3.8) is 0 Å². The number of anilines is 1. The van der Waals surface area contributed by atoms with Crippen molar-refractivity contribution in [1.29, 1.82) is 0 Å². The van der Waals surface area contributed by atoms with Crippen molar-refractivity contribution >= 4 is 17.6 Å². The molecule has 1 aliphatic carbocycles. The number of hydrogen-bond donors (Lipinski definition) is 2. The second kappa shape index (κ2) is 5.21. The third-order valence-electron chi connectivity index (χ3n) is 3.47. The van der Waals surface area contributed by atoms with Crippen LogP contribution in [0.2, 0.25) is 0 Å². The Hall–Kier alpha value is -1.84. The van der Waals surface area contributed by atoms with Gasteiger partial charge in [0, 0.05) is 11.6 Å². The summed E-state index contributed by atoms with van der Waals surface area (Å²) in [6, 6.07) is 4.78. The topological polar surface area (TPSA) is 66.4 Å². The first-order valence-electron chi connectivity index (χ1n) is 6.23. The number of carboxylic acids is 1. The molecule has 0 spiro atoms. The van der Waals surface area contributed by atoms with Crippen molar-refractivity contribution in [3.05, 3.63) is 29.3 Å². The summed E-state index contributed by atoms with van der Waals surface area (Å²) < 4.78 is 0. The summed E-state index contributed by atoms with van der Waals surface area (Å²) in [5.74, 6) is -0.887. The molecule has 4 heteroatoms. The molecule has 0 aromatic heterocycles. The Balaban J connectivity index is 2.14. The average molecular weight is 247 g/mol. The minimum atomic E-state index is -0.980. The Morgan fingerprint density at radius 3 is 2.56 bits per heavy atom. The Morgan fingerprint density at radius 2 is 1.94 bits per heavy atom. The van der Waals surface area contributed by atoms with Crippen LogP contribution < -0.4 is 5.32 Å². The molecular weight excluding hydrogens is 230 g/mol. The highest BCUT2D eigenvalue weighted by Crippen LogP contribution is 2.27. The van der Waals surface area contributed by atoms with Gasteiger partial charge in [-0.2, -0.15) is 0 Å². The lowest BCUT2D eigenvalue weighted by molar-refractivity contribution is -0.119. The predicted octanol–water partition coefficient (Wildman–Crippen LogP) is 2.82. The van der Waals surface area contributed by atoms with Crippen LogP contribution in [0.15, 0.2) is 18.2 Å². The summed E-state index contributed by atoms with van der Waals surface area (Å²) in [6.07, 6.45) is 4.07. The van der Waals surface area contributed by atoms with Crippen LogP contribution in [0, 0.1) is 12.8 Å². The lowest BCUT2D eigenvalue weighted by atomic mass is 10.1. The summed E-state index contributed by atoms with van der Waals surface area (Å²) in [5, 5.41) is 11.8.